The highest BCUT2D eigenvalue weighted by molar-refractivity contribution is 6.16. The van der Waals surface area contributed by atoms with Gasteiger partial charge in [-0.3, -0.25) is 19.7 Å². The number of pyridine rings is 2. The Morgan fingerprint density at radius 3 is 2.21 bits per heavy atom. The second-order valence-electron chi connectivity index (χ2n) is 10.2. The van der Waals surface area contributed by atoms with Crippen LogP contribution in [0.2, 0.25) is 0 Å². The predicted octanol–water partition coefficient (Wildman–Crippen LogP) is 6.88. The molecule has 3 aromatic heterocycles. The number of aromatic nitrogens is 4. The molecule has 43 heavy (non-hydrogen) atoms. The summed E-state index contributed by atoms with van der Waals surface area (Å²) >= 11 is 0. The van der Waals surface area contributed by atoms with Crippen LogP contribution < -0.4 is 15.4 Å². The average molecular weight is 595 g/mol. The number of fused-ring (bicyclic) bond motifs is 2. The lowest BCUT2D eigenvalue weighted by molar-refractivity contribution is -0.131. The van der Waals surface area contributed by atoms with Gasteiger partial charge in [-0.15, -0.1) is 12.4 Å². The van der Waals surface area contributed by atoms with Crippen molar-refractivity contribution in [3.05, 3.63) is 103 Å². The van der Waals surface area contributed by atoms with Crippen molar-refractivity contribution in [2.45, 2.75) is 12.8 Å². The van der Waals surface area contributed by atoms with Gasteiger partial charge in [-0.2, -0.15) is 5.10 Å². The fourth-order valence-electron chi connectivity index (χ4n) is 4.84. The first-order valence-corrected chi connectivity index (χ1v) is 13.3. The van der Waals surface area contributed by atoms with Crippen LogP contribution >= 0.6 is 12.4 Å². The largest absolute Gasteiger partial charge is 0.457 e. The fourth-order valence-corrected chi connectivity index (χ4v) is 4.84. The van der Waals surface area contributed by atoms with E-state index in [0.717, 1.165) is 33.1 Å². The number of carbonyl (C=O) groups excluding carboxylic acids is 2. The number of aromatic amines is 1. The lowest BCUT2D eigenvalue weighted by Gasteiger charge is -2.16. The molecule has 9 nitrogen and oxygen atoms in total. The number of nitrogens with zero attached hydrogens (tertiary/aromatic N) is 3. The minimum atomic E-state index is -1.14. The molecule has 0 spiro atoms. The Kier molecular flexibility index (Phi) is 7.21. The van der Waals surface area contributed by atoms with Crippen LogP contribution in [0.1, 0.15) is 12.8 Å². The molecule has 0 saturated heterocycles. The summed E-state index contributed by atoms with van der Waals surface area (Å²) in [4.78, 5) is 34.8. The number of benzene rings is 3. The Morgan fingerprint density at radius 2 is 1.51 bits per heavy atom. The standard InChI is InChI=1S/C32H23FN6O3.ClH/c33-22-2-4-23(5-3-22)37-30(40)32(12-13-32)31(41)38-24-6-8-25(9-7-24)42-28-11-14-34-27-16-19(1-10-26(27)28)20-15-21-18-36-39-29(21)35-17-20;/h1-11,14-18H,12-13H2,(H,37,40)(H,38,41)(H,35,36,39);1H. The van der Waals surface area contributed by atoms with Gasteiger partial charge < -0.3 is 15.4 Å². The number of hydrogen-bond donors (Lipinski definition) is 3. The van der Waals surface area contributed by atoms with Gasteiger partial charge in [0.2, 0.25) is 11.8 Å². The van der Waals surface area contributed by atoms with Gasteiger partial charge >= 0.3 is 0 Å². The number of nitrogens with one attached hydrogen (secondary N) is 3. The lowest BCUT2D eigenvalue weighted by Crippen LogP contribution is -2.35. The second kappa shape index (κ2) is 11.1. The van der Waals surface area contributed by atoms with Crippen LogP contribution in [0, 0.1) is 11.2 Å². The van der Waals surface area contributed by atoms with Crippen LogP contribution in [-0.2, 0) is 9.59 Å². The third-order valence-corrected chi connectivity index (χ3v) is 7.39. The molecule has 1 fully saturated rings. The van der Waals surface area contributed by atoms with Gasteiger partial charge in [-0.1, -0.05) is 6.07 Å². The molecule has 0 atom stereocenters. The number of hydrogen-bond acceptors (Lipinski definition) is 6. The zero-order valence-corrected chi connectivity index (χ0v) is 23.3. The minimum absolute atomic E-state index is 0. The van der Waals surface area contributed by atoms with Gasteiger partial charge in [0.15, 0.2) is 5.65 Å². The van der Waals surface area contributed by atoms with Crippen LogP contribution in [0.4, 0.5) is 15.8 Å². The number of rotatable bonds is 7. The summed E-state index contributed by atoms with van der Waals surface area (Å²) in [5.41, 5.74) is 3.28. The van der Waals surface area contributed by atoms with Crippen molar-refractivity contribution in [3.8, 4) is 22.6 Å². The van der Waals surface area contributed by atoms with Crippen molar-refractivity contribution in [3.63, 3.8) is 0 Å². The van der Waals surface area contributed by atoms with Gasteiger partial charge in [-0.25, -0.2) is 9.37 Å². The maximum Gasteiger partial charge on any atom is 0.240 e. The van der Waals surface area contributed by atoms with Crippen LogP contribution in [-0.4, -0.2) is 32.0 Å². The second-order valence-corrected chi connectivity index (χ2v) is 10.2. The maximum absolute atomic E-state index is 13.2. The SMILES string of the molecule is Cl.O=C(Nc1ccc(F)cc1)C1(C(=O)Nc2ccc(Oc3ccnc4cc(-c5cnc6[nH]ncc6c5)ccc34)cc2)CC1. The number of carbonyl (C=O) groups is 2. The molecule has 0 unspecified atom stereocenters. The smallest absolute Gasteiger partial charge is 0.240 e. The normalized spacial score (nSPS) is 13.2. The summed E-state index contributed by atoms with van der Waals surface area (Å²) in [5, 5.41) is 14.2. The molecule has 11 heteroatoms. The van der Waals surface area contributed by atoms with Gasteiger partial charge in [0.05, 0.1) is 11.7 Å². The highest BCUT2D eigenvalue weighted by atomic mass is 35.5. The highest BCUT2D eigenvalue weighted by Crippen LogP contribution is 2.47. The Balaban J connectivity index is 0.00000329. The van der Waals surface area contributed by atoms with E-state index in [4.69, 9.17) is 4.74 Å². The molecular weight excluding hydrogens is 571 g/mol. The third kappa shape index (κ3) is 5.47. The average Bonchev–Trinajstić information content (AvgIpc) is 3.70. The first kappa shape index (κ1) is 27.8. The summed E-state index contributed by atoms with van der Waals surface area (Å²) in [6.45, 7) is 0. The Morgan fingerprint density at radius 1 is 0.814 bits per heavy atom. The summed E-state index contributed by atoms with van der Waals surface area (Å²) in [6.07, 6.45) is 6.12. The third-order valence-electron chi connectivity index (χ3n) is 7.39. The van der Waals surface area contributed by atoms with Crippen LogP contribution in [0.3, 0.4) is 0 Å². The summed E-state index contributed by atoms with van der Waals surface area (Å²) in [5.74, 6) is 0.0324. The van der Waals surface area contributed by atoms with E-state index in [1.165, 1.54) is 24.3 Å². The zero-order chi connectivity index (χ0) is 28.7. The number of H-pyrrole nitrogens is 1. The predicted molar refractivity (Wildman–Crippen MR) is 164 cm³/mol. The van der Waals surface area contributed by atoms with E-state index in [2.05, 4.69) is 30.8 Å². The van der Waals surface area contributed by atoms with E-state index in [1.807, 2.05) is 24.3 Å². The Labute approximate surface area is 250 Å². The maximum atomic E-state index is 13.2. The van der Waals surface area contributed by atoms with E-state index < -0.39 is 17.1 Å². The zero-order valence-electron chi connectivity index (χ0n) is 22.5. The first-order valence-electron chi connectivity index (χ1n) is 13.3. The van der Waals surface area contributed by atoms with Crippen molar-refractivity contribution in [2.75, 3.05) is 10.6 Å². The number of anilines is 2. The number of amides is 2. The molecule has 214 valence electrons. The van der Waals surface area contributed by atoms with E-state index >= 15 is 0 Å². The lowest BCUT2D eigenvalue weighted by atomic mass is 10.0. The van der Waals surface area contributed by atoms with Crippen molar-refractivity contribution < 1.29 is 18.7 Å². The van der Waals surface area contributed by atoms with Gasteiger partial charge in [0.1, 0.15) is 22.7 Å². The Bertz CT molecular complexity index is 1970. The molecule has 7 rings (SSSR count). The quantitative estimate of drug-likeness (QED) is 0.173. The topological polar surface area (TPSA) is 122 Å². The molecule has 1 aliphatic carbocycles. The molecule has 3 heterocycles. The van der Waals surface area contributed by atoms with E-state index in [1.54, 1.807) is 48.9 Å². The first-order chi connectivity index (χ1) is 20.5. The molecule has 6 aromatic rings. The van der Waals surface area contributed by atoms with Crippen LogP contribution in [0.25, 0.3) is 33.1 Å². The molecule has 0 bridgehead atoms. The monoisotopic (exact) mass is 594 g/mol. The molecule has 2 amide bonds. The molecule has 3 aromatic carbocycles. The molecule has 0 aliphatic heterocycles. The van der Waals surface area contributed by atoms with Crippen molar-refractivity contribution in [1.82, 2.24) is 20.2 Å². The van der Waals surface area contributed by atoms with Crippen molar-refractivity contribution >= 4 is 57.5 Å². The fraction of sp³-hybridized carbons (Fsp3) is 0.0938. The van der Waals surface area contributed by atoms with E-state index in [0.29, 0.717) is 35.7 Å². The van der Waals surface area contributed by atoms with E-state index in [9.17, 15) is 14.0 Å². The van der Waals surface area contributed by atoms with Crippen molar-refractivity contribution in [2.24, 2.45) is 5.41 Å². The highest BCUT2D eigenvalue weighted by Gasteiger charge is 2.56. The van der Waals surface area contributed by atoms with Crippen molar-refractivity contribution in [1.29, 1.82) is 0 Å². The minimum Gasteiger partial charge on any atom is -0.457 e. The summed E-state index contributed by atoms with van der Waals surface area (Å²) < 4.78 is 19.3. The van der Waals surface area contributed by atoms with Crippen LogP contribution in [0.5, 0.6) is 11.5 Å². The molecule has 1 saturated carbocycles. The van der Waals surface area contributed by atoms with Gasteiger partial charge in [0.25, 0.3) is 0 Å². The molecular formula is C32H24ClFN6O3. The van der Waals surface area contributed by atoms with Gasteiger partial charge in [0, 0.05) is 40.1 Å². The summed E-state index contributed by atoms with van der Waals surface area (Å²) in [7, 11) is 0. The van der Waals surface area contributed by atoms with E-state index in [-0.39, 0.29) is 18.3 Å². The van der Waals surface area contributed by atoms with Crippen LogP contribution in [0.15, 0.2) is 97.5 Å². The van der Waals surface area contributed by atoms with Gasteiger partial charge in [-0.05, 0) is 91.2 Å². The molecule has 0 radical (unpaired) electrons. The Hall–Kier alpha value is -5.35. The molecule has 1 aliphatic rings. The summed E-state index contributed by atoms with van der Waals surface area (Å²) in [6, 6.07) is 22.2. The number of halogens is 2. The molecule has 3 N–H and O–H groups in total. The number of ether oxygens (including phenoxy) is 1.